The molecule has 0 aromatic rings. The monoisotopic (exact) mass is 306 g/mol. The van der Waals surface area contributed by atoms with Gasteiger partial charge in [-0.15, -0.1) is 0 Å². The lowest BCUT2D eigenvalue weighted by atomic mass is 10.5. The molecule has 0 spiro atoms. The summed E-state index contributed by atoms with van der Waals surface area (Å²) in [6.45, 7) is 8.67. The minimum atomic E-state index is -0.481. The van der Waals surface area contributed by atoms with E-state index in [0.717, 1.165) is 58.3 Å². The largest absolute Gasteiger partial charge is 0.419 e. The number of ether oxygens (including phenoxy) is 4. The van der Waals surface area contributed by atoms with Gasteiger partial charge in [0, 0.05) is 19.8 Å². The summed E-state index contributed by atoms with van der Waals surface area (Å²) in [6, 6.07) is 1.14. The summed E-state index contributed by atoms with van der Waals surface area (Å²) in [4.78, 5) is 0. The molecule has 0 N–H and O–H groups in total. The van der Waals surface area contributed by atoms with Crippen LogP contribution in [0.15, 0.2) is 0 Å². The third-order valence-electron chi connectivity index (χ3n) is 2.80. The lowest BCUT2D eigenvalue weighted by Crippen LogP contribution is -2.25. The summed E-state index contributed by atoms with van der Waals surface area (Å²) in [5.41, 5.74) is 0. The molecule has 1 aliphatic heterocycles. The smallest absolute Gasteiger partial charge is 0.179 e. The van der Waals surface area contributed by atoms with Crippen molar-refractivity contribution >= 4 is 9.76 Å². The fourth-order valence-corrected chi connectivity index (χ4v) is 2.58. The van der Waals surface area contributed by atoms with Crippen LogP contribution in [-0.2, 0) is 23.4 Å². The second kappa shape index (κ2) is 12.7. The van der Waals surface area contributed by atoms with Crippen molar-refractivity contribution in [2.45, 2.75) is 51.5 Å². The average Bonchev–Trinajstić information content (AvgIpc) is 3.28. The summed E-state index contributed by atoms with van der Waals surface area (Å²) in [5.74, 6) is 0. The lowest BCUT2D eigenvalue weighted by molar-refractivity contribution is -0.158. The van der Waals surface area contributed by atoms with Crippen LogP contribution >= 0.6 is 0 Å². The number of hydrogen-bond donors (Lipinski definition) is 0. The Labute approximate surface area is 125 Å². The molecule has 1 saturated heterocycles. The fourth-order valence-electron chi connectivity index (χ4n) is 1.61. The highest BCUT2D eigenvalue weighted by Gasteiger charge is 2.21. The van der Waals surface area contributed by atoms with Gasteiger partial charge in [0.2, 0.25) is 0 Å². The van der Waals surface area contributed by atoms with E-state index in [2.05, 4.69) is 13.8 Å². The first-order chi connectivity index (χ1) is 9.86. The molecule has 0 saturated carbocycles. The van der Waals surface area contributed by atoms with Gasteiger partial charge in [-0.1, -0.05) is 13.8 Å². The van der Waals surface area contributed by atoms with E-state index >= 15 is 0 Å². The molecule has 0 radical (unpaired) electrons. The predicted molar refractivity (Wildman–Crippen MR) is 80.8 cm³/mol. The molecule has 120 valence electrons. The minimum absolute atomic E-state index is 0.189. The van der Waals surface area contributed by atoms with Crippen LogP contribution in [0.2, 0.25) is 6.04 Å². The van der Waals surface area contributed by atoms with Crippen LogP contribution in [0.4, 0.5) is 0 Å². The maximum atomic E-state index is 5.74. The van der Waals surface area contributed by atoms with Gasteiger partial charge in [0.15, 0.2) is 16.1 Å². The van der Waals surface area contributed by atoms with E-state index in [0.29, 0.717) is 12.7 Å². The molecule has 0 aromatic carbocycles. The molecular weight excluding hydrogens is 276 g/mol. The van der Waals surface area contributed by atoms with Gasteiger partial charge in [0.1, 0.15) is 6.10 Å². The molecule has 1 fully saturated rings. The van der Waals surface area contributed by atoms with Crippen molar-refractivity contribution in [2.75, 3.05) is 39.6 Å². The van der Waals surface area contributed by atoms with Crippen molar-refractivity contribution < 1.29 is 23.4 Å². The van der Waals surface area contributed by atoms with Crippen molar-refractivity contribution in [1.29, 1.82) is 0 Å². The topological polar surface area (TPSA) is 49.5 Å². The van der Waals surface area contributed by atoms with Crippen molar-refractivity contribution in [1.82, 2.24) is 0 Å². The van der Waals surface area contributed by atoms with Crippen molar-refractivity contribution in [2.24, 2.45) is 0 Å². The zero-order valence-electron chi connectivity index (χ0n) is 13.0. The molecule has 1 unspecified atom stereocenters. The van der Waals surface area contributed by atoms with Gasteiger partial charge >= 0.3 is 0 Å². The molecule has 1 heterocycles. The Kier molecular flexibility index (Phi) is 11.5. The maximum Gasteiger partial charge on any atom is 0.179 e. The van der Waals surface area contributed by atoms with E-state index in [1.54, 1.807) is 0 Å². The van der Waals surface area contributed by atoms with Crippen molar-refractivity contribution in [3.8, 4) is 0 Å². The quantitative estimate of drug-likeness (QED) is 0.199. The Morgan fingerprint density at radius 2 is 1.85 bits per heavy atom. The van der Waals surface area contributed by atoms with Crippen LogP contribution in [0.1, 0.15) is 33.1 Å². The van der Waals surface area contributed by atoms with E-state index in [1.165, 1.54) is 0 Å². The summed E-state index contributed by atoms with van der Waals surface area (Å²) in [7, 11) is -0.481. The Morgan fingerprint density at radius 3 is 2.45 bits per heavy atom. The Balaban J connectivity index is 1.86. The summed E-state index contributed by atoms with van der Waals surface area (Å²) in [5, 5.41) is 0. The maximum absolute atomic E-state index is 5.74. The number of epoxide rings is 1. The van der Waals surface area contributed by atoms with Gasteiger partial charge in [-0.25, -0.2) is 0 Å². The average molecular weight is 306 g/mol. The van der Waals surface area contributed by atoms with Crippen molar-refractivity contribution in [3.05, 3.63) is 0 Å². The van der Waals surface area contributed by atoms with Gasteiger partial charge in [0.25, 0.3) is 0 Å². The first-order valence-corrected chi connectivity index (χ1v) is 9.44. The summed E-state index contributed by atoms with van der Waals surface area (Å²) in [6.07, 6.45) is 3.27. The van der Waals surface area contributed by atoms with Gasteiger partial charge in [-0.2, -0.15) is 0 Å². The van der Waals surface area contributed by atoms with Crippen LogP contribution in [0.25, 0.3) is 0 Å². The highest BCUT2D eigenvalue weighted by molar-refractivity contribution is 6.26. The molecule has 0 bridgehead atoms. The first kappa shape index (κ1) is 18.1. The zero-order chi connectivity index (χ0) is 14.5. The van der Waals surface area contributed by atoms with Crippen LogP contribution in [0.3, 0.4) is 0 Å². The molecular formula is C14H30O5Si. The second-order valence-electron chi connectivity index (χ2n) is 4.98. The summed E-state index contributed by atoms with van der Waals surface area (Å²) < 4.78 is 27.5. The van der Waals surface area contributed by atoms with Gasteiger partial charge in [0.05, 0.1) is 19.8 Å². The third kappa shape index (κ3) is 10.8. The Morgan fingerprint density at radius 1 is 1.15 bits per heavy atom. The molecule has 0 amide bonds. The molecule has 6 heteroatoms. The molecule has 5 nitrogen and oxygen atoms in total. The standard InChI is InChI=1S/C14H30O5Si/c1-3-6-16-14(17-7-4-2)12-19-20-9-5-8-15-10-13-11-18-13/h13-14H,3-12,20H2,1-2H3. The fraction of sp³-hybridized carbons (Fsp3) is 1.00. The third-order valence-corrected chi connectivity index (χ3v) is 4.12. The Hall–Kier alpha value is 0.0169. The number of hydrogen-bond acceptors (Lipinski definition) is 5. The number of rotatable bonds is 15. The van der Waals surface area contributed by atoms with Crippen LogP contribution in [0, 0.1) is 0 Å². The highest BCUT2D eigenvalue weighted by Crippen LogP contribution is 2.08. The first-order valence-electron chi connectivity index (χ1n) is 7.87. The zero-order valence-corrected chi connectivity index (χ0v) is 14.4. The molecule has 0 aromatic heterocycles. The van der Waals surface area contributed by atoms with E-state index in [1.807, 2.05) is 0 Å². The van der Waals surface area contributed by atoms with Crippen LogP contribution in [0.5, 0.6) is 0 Å². The second-order valence-corrected chi connectivity index (χ2v) is 6.51. The van der Waals surface area contributed by atoms with E-state index in [-0.39, 0.29) is 6.29 Å². The highest BCUT2D eigenvalue weighted by atomic mass is 28.2. The molecule has 1 atom stereocenters. The molecule has 1 rings (SSSR count). The van der Waals surface area contributed by atoms with Crippen LogP contribution in [-0.4, -0.2) is 61.8 Å². The summed E-state index contributed by atoms with van der Waals surface area (Å²) >= 11 is 0. The van der Waals surface area contributed by atoms with Gasteiger partial charge < -0.3 is 23.4 Å². The van der Waals surface area contributed by atoms with E-state index < -0.39 is 9.76 Å². The predicted octanol–water partition coefficient (Wildman–Crippen LogP) is 1.49. The molecule has 20 heavy (non-hydrogen) atoms. The molecule has 0 aliphatic carbocycles. The van der Waals surface area contributed by atoms with Gasteiger partial charge in [-0.05, 0) is 25.3 Å². The van der Waals surface area contributed by atoms with E-state index in [9.17, 15) is 0 Å². The lowest BCUT2D eigenvalue weighted by Gasteiger charge is -2.18. The SMILES string of the molecule is CCCOC(CO[SiH2]CCCOCC1CO1)OCCC. The minimum Gasteiger partial charge on any atom is -0.419 e. The van der Waals surface area contributed by atoms with Crippen molar-refractivity contribution in [3.63, 3.8) is 0 Å². The van der Waals surface area contributed by atoms with E-state index in [4.69, 9.17) is 23.4 Å². The van der Waals surface area contributed by atoms with Crippen LogP contribution < -0.4 is 0 Å². The van der Waals surface area contributed by atoms with Gasteiger partial charge in [-0.3, -0.25) is 0 Å². The molecule has 1 aliphatic rings. The normalized spacial score (nSPS) is 18.4. The Bertz CT molecular complexity index is 206.